The van der Waals surface area contributed by atoms with Crippen LogP contribution in [0.5, 0.6) is 0 Å². The summed E-state index contributed by atoms with van der Waals surface area (Å²) in [5.74, 6) is 0. The molecule has 2 rings (SSSR count). The normalized spacial score (nSPS) is 10.4. The van der Waals surface area contributed by atoms with Crippen LogP contribution in [-0.2, 0) is 13.0 Å². The second-order valence-electron chi connectivity index (χ2n) is 3.67. The van der Waals surface area contributed by atoms with Gasteiger partial charge in [0.1, 0.15) is 0 Å². The third-order valence-corrected chi connectivity index (χ3v) is 2.83. The van der Waals surface area contributed by atoms with E-state index in [2.05, 4.69) is 17.1 Å². The highest BCUT2D eigenvalue weighted by atomic mass is 35.5. The largest absolute Gasteiger partial charge is 0.326 e. The molecule has 0 saturated carbocycles. The molecule has 0 unspecified atom stereocenters. The fourth-order valence-electron chi connectivity index (χ4n) is 1.63. The van der Waals surface area contributed by atoms with Gasteiger partial charge in [-0.3, -0.25) is 4.98 Å². The zero-order valence-corrected chi connectivity index (χ0v) is 9.61. The summed E-state index contributed by atoms with van der Waals surface area (Å²) in [5, 5.41) is 0.734. The van der Waals surface area contributed by atoms with Crippen LogP contribution in [0.25, 0.3) is 0 Å². The predicted molar refractivity (Wildman–Crippen MR) is 66.4 cm³/mol. The minimum atomic E-state index is 0.472. The predicted octanol–water partition coefficient (Wildman–Crippen LogP) is 2.78. The number of benzene rings is 1. The topological polar surface area (TPSA) is 38.9 Å². The molecule has 0 aliphatic heterocycles. The lowest BCUT2D eigenvalue weighted by Gasteiger charge is -2.05. The van der Waals surface area contributed by atoms with E-state index >= 15 is 0 Å². The summed E-state index contributed by atoms with van der Waals surface area (Å²) in [5.41, 5.74) is 9.00. The molecule has 82 valence electrons. The van der Waals surface area contributed by atoms with Gasteiger partial charge in [-0.25, -0.2) is 0 Å². The van der Waals surface area contributed by atoms with E-state index in [1.54, 1.807) is 6.20 Å². The molecule has 0 aliphatic carbocycles. The van der Waals surface area contributed by atoms with E-state index in [1.165, 1.54) is 11.1 Å². The van der Waals surface area contributed by atoms with Gasteiger partial charge in [0, 0.05) is 24.0 Å². The molecule has 2 aromatic rings. The fourth-order valence-corrected chi connectivity index (χ4v) is 1.83. The smallest absolute Gasteiger partial charge is 0.0451 e. The summed E-state index contributed by atoms with van der Waals surface area (Å²) >= 11 is 6.01. The van der Waals surface area contributed by atoms with Crippen LogP contribution >= 0.6 is 11.6 Å². The van der Waals surface area contributed by atoms with Crippen molar-refractivity contribution in [3.63, 3.8) is 0 Å². The van der Waals surface area contributed by atoms with Crippen LogP contribution < -0.4 is 5.73 Å². The third-order valence-electron chi connectivity index (χ3n) is 2.46. The Morgan fingerprint density at radius 2 is 2.06 bits per heavy atom. The Kier molecular flexibility index (Phi) is 3.54. The molecule has 0 saturated heterocycles. The van der Waals surface area contributed by atoms with Gasteiger partial charge in [0.05, 0.1) is 0 Å². The van der Waals surface area contributed by atoms with Crippen molar-refractivity contribution in [3.8, 4) is 0 Å². The molecule has 3 heteroatoms. The van der Waals surface area contributed by atoms with Crippen LogP contribution in [0.2, 0.25) is 5.02 Å². The van der Waals surface area contributed by atoms with Crippen LogP contribution in [0, 0.1) is 0 Å². The molecule has 1 heterocycles. The molecule has 0 spiro atoms. The van der Waals surface area contributed by atoms with Gasteiger partial charge < -0.3 is 5.73 Å². The summed E-state index contributed by atoms with van der Waals surface area (Å²) in [7, 11) is 0. The number of halogens is 1. The minimum absolute atomic E-state index is 0.472. The zero-order valence-electron chi connectivity index (χ0n) is 8.86. The maximum Gasteiger partial charge on any atom is 0.0451 e. The Bertz CT molecular complexity index is 469. The SMILES string of the molecule is NCc1cc(Cc2cccnc2)ccc1Cl. The van der Waals surface area contributed by atoms with Crippen molar-refractivity contribution in [1.29, 1.82) is 0 Å². The minimum Gasteiger partial charge on any atom is -0.326 e. The Balaban J connectivity index is 2.22. The first-order chi connectivity index (χ1) is 7.79. The summed E-state index contributed by atoms with van der Waals surface area (Å²) in [6.07, 6.45) is 4.51. The number of nitrogens with two attached hydrogens (primary N) is 1. The lowest BCUT2D eigenvalue weighted by atomic mass is 10.0. The first-order valence-electron chi connectivity index (χ1n) is 5.16. The van der Waals surface area contributed by atoms with E-state index < -0.39 is 0 Å². The van der Waals surface area contributed by atoms with Crippen molar-refractivity contribution in [1.82, 2.24) is 4.98 Å². The van der Waals surface area contributed by atoms with E-state index in [1.807, 2.05) is 24.4 Å². The van der Waals surface area contributed by atoms with Crippen LogP contribution in [0.1, 0.15) is 16.7 Å². The molecule has 0 fully saturated rings. The number of aromatic nitrogens is 1. The van der Waals surface area contributed by atoms with Crippen molar-refractivity contribution >= 4 is 11.6 Å². The standard InChI is InChI=1S/C13H13ClN2/c14-13-4-3-10(7-12(13)8-15)6-11-2-1-5-16-9-11/h1-5,7,9H,6,8,15H2. The molecule has 1 aromatic heterocycles. The van der Waals surface area contributed by atoms with E-state index in [9.17, 15) is 0 Å². The lowest BCUT2D eigenvalue weighted by molar-refractivity contribution is 1.05. The molecule has 2 nitrogen and oxygen atoms in total. The van der Waals surface area contributed by atoms with Gasteiger partial charge in [0.2, 0.25) is 0 Å². The molecule has 0 amide bonds. The van der Waals surface area contributed by atoms with Crippen molar-refractivity contribution in [2.24, 2.45) is 5.73 Å². The summed E-state index contributed by atoms with van der Waals surface area (Å²) in [4.78, 5) is 4.09. The molecule has 0 bridgehead atoms. The summed E-state index contributed by atoms with van der Waals surface area (Å²) in [6, 6.07) is 9.97. The van der Waals surface area contributed by atoms with Crippen LogP contribution in [0.4, 0.5) is 0 Å². The number of pyridine rings is 1. The lowest BCUT2D eigenvalue weighted by Crippen LogP contribution is -1.99. The quantitative estimate of drug-likeness (QED) is 0.884. The zero-order chi connectivity index (χ0) is 11.4. The molecular weight excluding hydrogens is 220 g/mol. The van der Waals surface area contributed by atoms with Gasteiger partial charge in [-0.05, 0) is 35.2 Å². The Labute approximate surface area is 100 Å². The van der Waals surface area contributed by atoms with Crippen molar-refractivity contribution in [2.75, 3.05) is 0 Å². The second kappa shape index (κ2) is 5.10. The molecular formula is C13H13ClN2. The molecule has 2 N–H and O–H groups in total. The number of hydrogen-bond acceptors (Lipinski definition) is 2. The fraction of sp³-hybridized carbons (Fsp3) is 0.154. The average molecular weight is 233 g/mol. The Morgan fingerprint density at radius 3 is 2.75 bits per heavy atom. The molecule has 0 atom stereocenters. The summed E-state index contributed by atoms with van der Waals surface area (Å²) < 4.78 is 0. The summed E-state index contributed by atoms with van der Waals surface area (Å²) in [6.45, 7) is 0.472. The third kappa shape index (κ3) is 2.60. The number of rotatable bonds is 3. The van der Waals surface area contributed by atoms with Gasteiger partial charge >= 0.3 is 0 Å². The van der Waals surface area contributed by atoms with Gasteiger partial charge in [-0.2, -0.15) is 0 Å². The van der Waals surface area contributed by atoms with E-state index in [0.717, 1.165) is 17.0 Å². The monoisotopic (exact) mass is 232 g/mol. The maximum absolute atomic E-state index is 6.01. The Hall–Kier alpha value is -1.38. The van der Waals surface area contributed by atoms with E-state index in [0.29, 0.717) is 6.54 Å². The highest BCUT2D eigenvalue weighted by molar-refractivity contribution is 6.31. The maximum atomic E-state index is 6.01. The van der Waals surface area contributed by atoms with Gasteiger partial charge in [0.15, 0.2) is 0 Å². The molecule has 16 heavy (non-hydrogen) atoms. The molecule has 1 aromatic carbocycles. The van der Waals surface area contributed by atoms with Gasteiger partial charge in [-0.15, -0.1) is 0 Å². The van der Waals surface area contributed by atoms with Crippen molar-refractivity contribution < 1.29 is 0 Å². The molecule has 0 aliphatic rings. The van der Waals surface area contributed by atoms with Crippen molar-refractivity contribution in [3.05, 3.63) is 64.4 Å². The first kappa shape index (κ1) is 11.1. The molecule has 0 radical (unpaired) electrons. The highest BCUT2D eigenvalue weighted by Crippen LogP contribution is 2.18. The highest BCUT2D eigenvalue weighted by Gasteiger charge is 2.01. The number of hydrogen-bond donors (Lipinski definition) is 1. The van der Waals surface area contributed by atoms with Crippen molar-refractivity contribution in [2.45, 2.75) is 13.0 Å². The van der Waals surface area contributed by atoms with Crippen LogP contribution in [0.15, 0.2) is 42.7 Å². The average Bonchev–Trinajstić information content (AvgIpc) is 2.33. The second-order valence-corrected chi connectivity index (χ2v) is 4.08. The van der Waals surface area contributed by atoms with E-state index in [4.69, 9.17) is 17.3 Å². The van der Waals surface area contributed by atoms with E-state index in [-0.39, 0.29) is 0 Å². The van der Waals surface area contributed by atoms with Gasteiger partial charge in [0.25, 0.3) is 0 Å². The van der Waals surface area contributed by atoms with Crippen LogP contribution in [0.3, 0.4) is 0 Å². The number of nitrogens with zero attached hydrogens (tertiary/aromatic N) is 1. The first-order valence-corrected chi connectivity index (χ1v) is 5.53. The van der Waals surface area contributed by atoms with Gasteiger partial charge in [-0.1, -0.05) is 29.8 Å². The Morgan fingerprint density at radius 1 is 1.19 bits per heavy atom. The van der Waals surface area contributed by atoms with Crippen LogP contribution in [-0.4, -0.2) is 4.98 Å².